The van der Waals surface area contributed by atoms with E-state index in [1.807, 2.05) is 30.3 Å². The highest BCUT2D eigenvalue weighted by atomic mass is 35.5. The third-order valence-corrected chi connectivity index (χ3v) is 4.36. The molecule has 4 heteroatoms. The van der Waals surface area contributed by atoms with E-state index in [0.29, 0.717) is 21.5 Å². The Balaban J connectivity index is 2.35. The summed E-state index contributed by atoms with van der Waals surface area (Å²) in [6.07, 6.45) is 0. The Kier molecular flexibility index (Phi) is 2.39. The number of hydrogen-bond acceptors (Lipinski definition) is 2. The molecule has 1 heterocycles. The van der Waals surface area contributed by atoms with Crippen LogP contribution < -0.4 is 0 Å². The molecule has 0 atom stereocenters. The Labute approximate surface area is 125 Å². The van der Waals surface area contributed by atoms with Crippen molar-refractivity contribution in [3.05, 3.63) is 58.6 Å². The first-order valence-corrected chi connectivity index (χ1v) is 6.94. The minimum atomic E-state index is -0.288. The number of rotatable bonds is 0. The average Bonchev–Trinajstić information content (AvgIpc) is 2.50. The summed E-state index contributed by atoms with van der Waals surface area (Å²) in [6.45, 7) is 0. The van der Waals surface area contributed by atoms with Crippen molar-refractivity contribution in [2.24, 2.45) is 0 Å². The van der Waals surface area contributed by atoms with Crippen molar-refractivity contribution in [1.29, 1.82) is 0 Å². The molecule has 102 valence electrons. The van der Waals surface area contributed by atoms with Crippen molar-refractivity contribution in [2.45, 2.75) is 0 Å². The van der Waals surface area contributed by atoms with Crippen molar-refractivity contribution < 1.29 is 9.59 Å². The summed E-state index contributed by atoms with van der Waals surface area (Å²) in [7, 11) is 1.51. The van der Waals surface area contributed by atoms with Gasteiger partial charge in [-0.3, -0.25) is 14.5 Å². The predicted molar refractivity (Wildman–Crippen MR) is 82.9 cm³/mol. The summed E-state index contributed by atoms with van der Waals surface area (Å²) in [5.41, 5.74) is 1.08. The summed E-state index contributed by atoms with van der Waals surface area (Å²) in [5, 5.41) is 3.74. The first-order chi connectivity index (χ1) is 10.1. The molecule has 0 aromatic heterocycles. The van der Waals surface area contributed by atoms with Crippen LogP contribution in [0.5, 0.6) is 0 Å². The lowest BCUT2D eigenvalue weighted by Crippen LogP contribution is -2.37. The monoisotopic (exact) mass is 295 g/mol. The summed E-state index contributed by atoms with van der Waals surface area (Å²) >= 11 is 6.28. The lowest BCUT2D eigenvalue weighted by atomic mass is 9.90. The van der Waals surface area contributed by atoms with E-state index in [-0.39, 0.29) is 11.8 Å². The van der Waals surface area contributed by atoms with E-state index in [0.717, 1.165) is 21.1 Å². The van der Waals surface area contributed by atoms with E-state index < -0.39 is 0 Å². The molecule has 3 aromatic carbocycles. The van der Waals surface area contributed by atoms with Crippen molar-refractivity contribution in [1.82, 2.24) is 4.90 Å². The van der Waals surface area contributed by atoms with Gasteiger partial charge in [0.15, 0.2) is 0 Å². The molecule has 1 aliphatic rings. The van der Waals surface area contributed by atoms with Crippen LogP contribution in [0, 0.1) is 0 Å². The van der Waals surface area contributed by atoms with E-state index in [1.54, 1.807) is 12.1 Å². The molecule has 0 fully saturated rings. The molecule has 0 unspecified atom stereocenters. The minimum absolute atomic E-state index is 0.281. The van der Waals surface area contributed by atoms with E-state index in [9.17, 15) is 9.59 Å². The maximum Gasteiger partial charge on any atom is 0.261 e. The maximum atomic E-state index is 12.6. The van der Waals surface area contributed by atoms with Gasteiger partial charge in [-0.2, -0.15) is 0 Å². The molecule has 0 bridgehead atoms. The van der Waals surface area contributed by atoms with Crippen LogP contribution in [-0.2, 0) is 0 Å². The fourth-order valence-corrected chi connectivity index (χ4v) is 3.20. The smallest absolute Gasteiger partial charge is 0.261 e. The second kappa shape index (κ2) is 4.06. The number of carbonyl (C=O) groups is 2. The van der Waals surface area contributed by atoms with Crippen LogP contribution >= 0.6 is 11.6 Å². The second-order valence-corrected chi connectivity index (χ2v) is 5.57. The normalized spacial score (nSPS) is 14.3. The first-order valence-electron chi connectivity index (χ1n) is 6.56. The number of amides is 2. The molecule has 21 heavy (non-hydrogen) atoms. The molecule has 0 spiro atoms. The average molecular weight is 296 g/mol. The summed E-state index contributed by atoms with van der Waals surface area (Å²) < 4.78 is 0. The highest BCUT2D eigenvalue weighted by Crippen LogP contribution is 2.38. The lowest BCUT2D eigenvalue weighted by molar-refractivity contribution is 0.0652. The van der Waals surface area contributed by atoms with Gasteiger partial charge in [-0.1, -0.05) is 35.9 Å². The second-order valence-electron chi connectivity index (χ2n) is 5.16. The van der Waals surface area contributed by atoms with Gasteiger partial charge in [-0.25, -0.2) is 0 Å². The third-order valence-electron chi connectivity index (χ3n) is 4.03. The third kappa shape index (κ3) is 1.49. The van der Waals surface area contributed by atoms with Crippen molar-refractivity contribution in [3.63, 3.8) is 0 Å². The van der Waals surface area contributed by atoms with Gasteiger partial charge >= 0.3 is 0 Å². The first kappa shape index (κ1) is 12.4. The van der Waals surface area contributed by atoms with Gasteiger partial charge in [-0.05, 0) is 29.0 Å². The minimum Gasteiger partial charge on any atom is -0.277 e. The van der Waals surface area contributed by atoms with Crippen LogP contribution in [-0.4, -0.2) is 23.8 Å². The van der Waals surface area contributed by atoms with E-state index in [1.165, 1.54) is 7.05 Å². The van der Waals surface area contributed by atoms with E-state index >= 15 is 0 Å². The molecule has 0 saturated carbocycles. The standard InChI is InChI=1S/C17H10ClNO2/c1-19-16(20)11-6-7-13(18)12-8-9-4-2-3-5-10(9)15(14(11)12)17(19)21/h2-8H,1H3. The fourth-order valence-electron chi connectivity index (χ4n) is 2.99. The number of imide groups is 1. The Hall–Kier alpha value is -2.39. The van der Waals surface area contributed by atoms with Gasteiger partial charge in [0.05, 0.1) is 5.56 Å². The molecule has 0 aliphatic carbocycles. The Morgan fingerprint density at radius 3 is 2.52 bits per heavy atom. The van der Waals surface area contributed by atoms with Gasteiger partial charge in [0.25, 0.3) is 11.8 Å². The Morgan fingerprint density at radius 1 is 0.952 bits per heavy atom. The highest BCUT2D eigenvalue weighted by molar-refractivity contribution is 6.39. The topological polar surface area (TPSA) is 37.4 Å². The van der Waals surface area contributed by atoms with Crippen LogP contribution in [0.2, 0.25) is 5.02 Å². The van der Waals surface area contributed by atoms with Crippen molar-refractivity contribution in [2.75, 3.05) is 7.05 Å². The maximum absolute atomic E-state index is 12.6. The van der Waals surface area contributed by atoms with Gasteiger partial charge in [0, 0.05) is 28.4 Å². The SMILES string of the molecule is CN1C(=O)c2ccc(Cl)c3cc4ccccc4c(c23)C1=O. The zero-order valence-corrected chi connectivity index (χ0v) is 11.9. The van der Waals surface area contributed by atoms with Gasteiger partial charge in [0.2, 0.25) is 0 Å². The highest BCUT2D eigenvalue weighted by Gasteiger charge is 2.32. The Bertz CT molecular complexity index is 962. The quantitative estimate of drug-likeness (QED) is 0.466. The molecule has 3 aromatic rings. The fraction of sp³-hybridized carbons (Fsp3) is 0.0588. The summed E-state index contributed by atoms with van der Waals surface area (Å²) in [6, 6.07) is 13.0. The molecule has 0 radical (unpaired) electrons. The van der Waals surface area contributed by atoms with Gasteiger partial charge in [-0.15, -0.1) is 0 Å². The Morgan fingerprint density at radius 2 is 1.71 bits per heavy atom. The number of hydrogen-bond donors (Lipinski definition) is 0. The molecular formula is C17H10ClNO2. The lowest BCUT2D eigenvalue weighted by Gasteiger charge is -2.25. The van der Waals surface area contributed by atoms with Crippen LogP contribution in [0.1, 0.15) is 20.7 Å². The van der Waals surface area contributed by atoms with Crippen molar-refractivity contribution >= 4 is 45.0 Å². The molecule has 0 saturated heterocycles. The summed E-state index contributed by atoms with van der Waals surface area (Å²) in [5.74, 6) is -0.569. The molecule has 0 N–H and O–H groups in total. The molecule has 2 amide bonds. The largest absolute Gasteiger partial charge is 0.277 e. The number of fused-ring (bicyclic) bond motifs is 2. The van der Waals surface area contributed by atoms with E-state index in [4.69, 9.17) is 11.6 Å². The molecular weight excluding hydrogens is 286 g/mol. The van der Waals surface area contributed by atoms with Crippen LogP contribution in [0.3, 0.4) is 0 Å². The van der Waals surface area contributed by atoms with Crippen LogP contribution in [0.4, 0.5) is 0 Å². The van der Waals surface area contributed by atoms with Gasteiger partial charge < -0.3 is 0 Å². The number of benzene rings is 3. The van der Waals surface area contributed by atoms with Crippen LogP contribution in [0.15, 0.2) is 42.5 Å². The van der Waals surface area contributed by atoms with E-state index in [2.05, 4.69) is 0 Å². The zero-order chi connectivity index (χ0) is 14.7. The molecule has 4 rings (SSSR count). The number of carbonyl (C=O) groups excluding carboxylic acids is 2. The zero-order valence-electron chi connectivity index (χ0n) is 11.2. The number of halogens is 1. The van der Waals surface area contributed by atoms with Crippen LogP contribution in [0.25, 0.3) is 21.5 Å². The molecule has 1 aliphatic heterocycles. The molecule has 3 nitrogen and oxygen atoms in total. The predicted octanol–water partition coefficient (Wildman–Crippen LogP) is 3.87. The number of nitrogens with zero attached hydrogens (tertiary/aromatic N) is 1. The summed E-state index contributed by atoms with van der Waals surface area (Å²) in [4.78, 5) is 26.1. The van der Waals surface area contributed by atoms with Gasteiger partial charge in [0.1, 0.15) is 0 Å². The van der Waals surface area contributed by atoms with Crippen molar-refractivity contribution in [3.8, 4) is 0 Å².